The summed E-state index contributed by atoms with van der Waals surface area (Å²) in [4.78, 5) is -0.0166. The van der Waals surface area contributed by atoms with Gasteiger partial charge in [-0.05, 0) is 29.3 Å². The highest BCUT2D eigenvalue weighted by atomic mass is 79.9. The molecule has 2 aromatic rings. The second-order valence-corrected chi connectivity index (χ2v) is 4.97. The van der Waals surface area contributed by atoms with Crippen LogP contribution in [0.25, 0.3) is 0 Å². The van der Waals surface area contributed by atoms with Gasteiger partial charge in [0, 0.05) is 5.02 Å². The van der Waals surface area contributed by atoms with E-state index in [-0.39, 0.29) is 4.83 Å². The molecule has 0 fully saturated rings. The Morgan fingerprint density at radius 1 is 1.12 bits per heavy atom. The fourth-order valence-electron chi connectivity index (χ4n) is 1.65. The van der Waals surface area contributed by atoms with Crippen molar-refractivity contribution in [3.63, 3.8) is 0 Å². The molecule has 1 nitrogen and oxygen atoms in total. The first-order valence-electron chi connectivity index (χ1n) is 5.11. The molecule has 0 N–H and O–H groups in total. The summed E-state index contributed by atoms with van der Waals surface area (Å²) in [6.45, 7) is 0. The third-order valence-corrected chi connectivity index (χ3v) is 3.76. The van der Waals surface area contributed by atoms with Crippen LogP contribution in [0.1, 0.15) is 21.5 Å². The van der Waals surface area contributed by atoms with E-state index in [4.69, 9.17) is 16.9 Å². The molecule has 1 atom stereocenters. The van der Waals surface area contributed by atoms with Crippen LogP contribution >= 0.6 is 27.5 Å². The minimum Gasteiger partial charge on any atom is -0.192 e. The molecule has 0 aliphatic rings. The molecule has 2 aromatic carbocycles. The summed E-state index contributed by atoms with van der Waals surface area (Å²) in [5.41, 5.74) is 2.64. The summed E-state index contributed by atoms with van der Waals surface area (Å²) < 4.78 is 0. The van der Waals surface area contributed by atoms with Gasteiger partial charge in [0.15, 0.2) is 0 Å². The van der Waals surface area contributed by atoms with Crippen LogP contribution in [0.3, 0.4) is 0 Å². The van der Waals surface area contributed by atoms with Crippen LogP contribution in [0.5, 0.6) is 0 Å². The molecule has 0 radical (unpaired) electrons. The monoisotopic (exact) mass is 305 g/mol. The lowest BCUT2D eigenvalue weighted by molar-refractivity contribution is 1.16. The molecular formula is C14H9BrClN. The molecule has 2 rings (SSSR count). The largest absolute Gasteiger partial charge is 0.192 e. The van der Waals surface area contributed by atoms with E-state index < -0.39 is 0 Å². The molecule has 0 amide bonds. The first kappa shape index (κ1) is 12.2. The third-order valence-electron chi connectivity index (χ3n) is 2.50. The number of hydrogen-bond donors (Lipinski definition) is 0. The van der Waals surface area contributed by atoms with Crippen molar-refractivity contribution in [3.05, 3.63) is 70.2 Å². The van der Waals surface area contributed by atoms with E-state index in [1.165, 1.54) is 0 Å². The molecule has 3 heteroatoms. The van der Waals surface area contributed by atoms with Crippen LogP contribution in [0.4, 0.5) is 0 Å². The Hall–Kier alpha value is -1.30. The zero-order valence-electron chi connectivity index (χ0n) is 8.90. The van der Waals surface area contributed by atoms with Crippen LogP contribution in [-0.4, -0.2) is 0 Å². The molecule has 0 spiro atoms. The molecule has 1 unspecified atom stereocenters. The van der Waals surface area contributed by atoms with Gasteiger partial charge in [-0.15, -0.1) is 0 Å². The third kappa shape index (κ3) is 2.69. The van der Waals surface area contributed by atoms with Crippen LogP contribution in [0.2, 0.25) is 5.02 Å². The number of nitrogens with zero attached hydrogens (tertiary/aromatic N) is 1. The summed E-state index contributed by atoms with van der Waals surface area (Å²) in [6, 6.07) is 17.4. The van der Waals surface area contributed by atoms with Gasteiger partial charge in [0.05, 0.1) is 16.5 Å². The molecular weight excluding hydrogens is 298 g/mol. The van der Waals surface area contributed by atoms with Crippen molar-refractivity contribution in [1.29, 1.82) is 5.26 Å². The first-order chi connectivity index (χ1) is 8.22. The Morgan fingerprint density at radius 3 is 2.47 bits per heavy atom. The highest BCUT2D eigenvalue weighted by molar-refractivity contribution is 9.09. The van der Waals surface area contributed by atoms with Crippen molar-refractivity contribution in [1.82, 2.24) is 0 Å². The Morgan fingerprint density at radius 2 is 1.82 bits per heavy atom. The van der Waals surface area contributed by atoms with Gasteiger partial charge in [0.1, 0.15) is 0 Å². The molecule has 0 aliphatic heterocycles. The Kier molecular flexibility index (Phi) is 3.83. The van der Waals surface area contributed by atoms with Crippen molar-refractivity contribution >= 4 is 27.5 Å². The second-order valence-electron chi connectivity index (χ2n) is 3.62. The summed E-state index contributed by atoms with van der Waals surface area (Å²) in [5, 5.41) is 9.73. The lowest BCUT2D eigenvalue weighted by Crippen LogP contribution is -1.96. The van der Waals surface area contributed by atoms with Gasteiger partial charge in [-0.3, -0.25) is 0 Å². The molecule has 0 saturated heterocycles. The standard InChI is InChI=1S/C14H9BrClN/c15-14(10-4-2-1-3-5-10)13-8-12(16)7-6-11(13)9-17/h1-8,14H. The minimum absolute atomic E-state index is 0.0166. The lowest BCUT2D eigenvalue weighted by atomic mass is 10.0. The zero-order chi connectivity index (χ0) is 12.3. The number of rotatable bonds is 2. The van der Waals surface area contributed by atoms with E-state index in [9.17, 15) is 0 Å². The summed E-state index contributed by atoms with van der Waals surface area (Å²) in [5.74, 6) is 0. The molecule has 0 saturated carbocycles. The van der Waals surface area contributed by atoms with Gasteiger partial charge >= 0.3 is 0 Å². The lowest BCUT2D eigenvalue weighted by Gasteiger charge is -2.12. The predicted molar refractivity (Wildman–Crippen MR) is 73.4 cm³/mol. The van der Waals surface area contributed by atoms with Crippen molar-refractivity contribution in [2.24, 2.45) is 0 Å². The van der Waals surface area contributed by atoms with E-state index in [1.807, 2.05) is 36.4 Å². The van der Waals surface area contributed by atoms with Crippen molar-refractivity contribution < 1.29 is 0 Å². The molecule has 0 aliphatic carbocycles. The first-order valence-corrected chi connectivity index (χ1v) is 6.40. The van der Waals surface area contributed by atoms with Crippen molar-refractivity contribution in [3.8, 4) is 6.07 Å². The number of hydrogen-bond acceptors (Lipinski definition) is 1. The van der Waals surface area contributed by atoms with Gasteiger partial charge in [0.25, 0.3) is 0 Å². The summed E-state index contributed by atoms with van der Waals surface area (Å²) >= 11 is 9.59. The average Bonchev–Trinajstić information content (AvgIpc) is 2.39. The normalized spacial score (nSPS) is 11.8. The maximum absolute atomic E-state index is 9.09. The molecule has 84 valence electrons. The van der Waals surface area contributed by atoms with E-state index in [0.717, 1.165) is 11.1 Å². The predicted octanol–water partition coefficient (Wildman–Crippen LogP) is 4.70. The van der Waals surface area contributed by atoms with Gasteiger partial charge in [0.2, 0.25) is 0 Å². The van der Waals surface area contributed by atoms with Crippen LogP contribution in [0, 0.1) is 11.3 Å². The van der Waals surface area contributed by atoms with E-state index in [2.05, 4.69) is 22.0 Å². The maximum atomic E-state index is 9.09. The smallest absolute Gasteiger partial charge is 0.0995 e. The molecule has 0 bridgehead atoms. The molecule has 17 heavy (non-hydrogen) atoms. The number of benzene rings is 2. The van der Waals surface area contributed by atoms with E-state index in [0.29, 0.717) is 10.6 Å². The highest BCUT2D eigenvalue weighted by Gasteiger charge is 2.14. The quantitative estimate of drug-likeness (QED) is 0.738. The van der Waals surface area contributed by atoms with E-state index in [1.54, 1.807) is 12.1 Å². The second kappa shape index (κ2) is 5.35. The summed E-state index contributed by atoms with van der Waals surface area (Å²) in [6.07, 6.45) is 0. The van der Waals surface area contributed by atoms with Crippen molar-refractivity contribution in [2.45, 2.75) is 4.83 Å². The number of alkyl halides is 1. The number of nitriles is 1. The summed E-state index contributed by atoms with van der Waals surface area (Å²) in [7, 11) is 0. The van der Waals surface area contributed by atoms with Crippen LogP contribution in [-0.2, 0) is 0 Å². The van der Waals surface area contributed by atoms with Gasteiger partial charge in [-0.2, -0.15) is 5.26 Å². The Balaban J connectivity index is 2.47. The van der Waals surface area contributed by atoms with Gasteiger partial charge < -0.3 is 0 Å². The van der Waals surface area contributed by atoms with Crippen molar-refractivity contribution in [2.75, 3.05) is 0 Å². The topological polar surface area (TPSA) is 23.8 Å². The highest BCUT2D eigenvalue weighted by Crippen LogP contribution is 2.33. The fraction of sp³-hybridized carbons (Fsp3) is 0.0714. The maximum Gasteiger partial charge on any atom is 0.0995 e. The van der Waals surface area contributed by atoms with Gasteiger partial charge in [-0.1, -0.05) is 57.9 Å². The Labute approximate surface area is 114 Å². The van der Waals surface area contributed by atoms with Crippen LogP contribution < -0.4 is 0 Å². The van der Waals surface area contributed by atoms with Gasteiger partial charge in [-0.25, -0.2) is 0 Å². The molecule has 0 aromatic heterocycles. The minimum atomic E-state index is -0.0166. The fourth-order valence-corrected chi connectivity index (χ4v) is 2.51. The molecule has 0 heterocycles. The SMILES string of the molecule is N#Cc1ccc(Cl)cc1C(Br)c1ccccc1. The Bertz CT molecular complexity index is 560. The number of halogens is 2. The zero-order valence-corrected chi connectivity index (χ0v) is 11.2. The van der Waals surface area contributed by atoms with Crippen LogP contribution in [0.15, 0.2) is 48.5 Å². The van der Waals surface area contributed by atoms with E-state index >= 15 is 0 Å². The average molecular weight is 307 g/mol.